The Morgan fingerprint density at radius 2 is 1.64 bits per heavy atom. The van der Waals surface area contributed by atoms with Crippen LogP contribution in [0.3, 0.4) is 0 Å². The van der Waals surface area contributed by atoms with Gasteiger partial charge in [-0.25, -0.2) is 0 Å². The molecule has 0 aromatic rings. The molecule has 0 fully saturated rings. The first-order valence-electron chi connectivity index (χ1n) is 5.64. The van der Waals surface area contributed by atoms with Crippen LogP contribution in [0.2, 0.25) is 0 Å². The molecule has 0 rings (SSSR count). The van der Waals surface area contributed by atoms with Crippen LogP contribution in [0.4, 0.5) is 0 Å². The first kappa shape index (κ1) is 14.5. The Balaban J connectivity index is 4.06. The van der Waals surface area contributed by atoms with Crippen LogP contribution in [0.25, 0.3) is 0 Å². The quantitative estimate of drug-likeness (QED) is 0.574. The van der Waals surface area contributed by atoms with Crippen LogP contribution in [0.5, 0.6) is 0 Å². The molecule has 86 valence electrons. The third-order valence-corrected chi connectivity index (χ3v) is 6.42. The summed E-state index contributed by atoms with van der Waals surface area (Å²) < 4.78 is 11.5. The van der Waals surface area contributed by atoms with Crippen LogP contribution in [0.15, 0.2) is 0 Å². The van der Waals surface area contributed by atoms with Crippen molar-refractivity contribution in [3.8, 4) is 0 Å². The van der Waals surface area contributed by atoms with Crippen molar-refractivity contribution in [2.45, 2.75) is 45.4 Å². The molecular formula is C10H24O2SSi. The normalized spacial score (nSPS) is 13.5. The molecule has 2 nitrogen and oxygen atoms in total. The highest BCUT2D eigenvalue weighted by Crippen LogP contribution is 2.20. The molecule has 0 saturated heterocycles. The molecule has 0 aliphatic rings. The summed E-state index contributed by atoms with van der Waals surface area (Å²) in [5.74, 6) is 1.16. The lowest BCUT2D eigenvalue weighted by molar-refractivity contribution is 0.211. The van der Waals surface area contributed by atoms with Gasteiger partial charge in [0, 0.05) is 18.1 Å². The van der Waals surface area contributed by atoms with Crippen LogP contribution in [-0.2, 0) is 8.85 Å². The van der Waals surface area contributed by atoms with Crippen LogP contribution in [-0.4, -0.2) is 33.1 Å². The van der Waals surface area contributed by atoms with E-state index in [1.807, 2.05) is 11.8 Å². The van der Waals surface area contributed by atoms with Crippen molar-refractivity contribution in [3.63, 3.8) is 0 Å². The fourth-order valence-electron chi connectivity index (χ4n) is 1.39. The van der Waals surface area contributed by atoms with E-state index in [0.29, 0.717) is 4.87 Å². The van der Waals surface area contributed by atoms with E-state index < -0.39 is 9.28 Å². The average molecular weight is 236 g/mol. The summed E-state index contributed by atoms with van der Waals surface area (Å²) in [4.78, 5) is 0.630. The van der Waals surface area contributed by atoms with Gasteiger partial charge in [-0.3, -0.25) is 0 Å². The van der Waals surface area contributed by atoms with E-state index in [9.17, 15) is 0 Å². The molecule has 0 amide bonds. The number of hydrogen-bond donors (Lipinski definition) is 0. The van der Waals surface area contributed by atoms with E-state index in [0.717, 1.165) is 19.0 Å². The predicted molar refractivity (Wildman–Crippen MR) is 67.2 cm³/mol. The molecule has 1 atom stereocenters. The molecule has 0 aliphatic carbocycles. The van der Waals surface area contributed by atoms with E-state index >= 15 is 0 Å². The first-order chi connectivity index (χ1) is 6.79. The lowest BCUT2D eigenvalue weighted by atomic mass is 10.4. The van der Waals surface area contributed by atoms with Gasteiger partial charge >= 0.3 is 9.28 Å². The maximum atomic E-state index is 5.75. The van der Waals surface area contributed by atoms with Crippen molar-refractivity contribution < 1.29 is 8.85 Å². The van der Waals surface area contributed by atoms with E-state index in [1.165, 1.54) is 12.8 Å². The minimum atomic E-state index is -1.42. The van der Waals surface area contributed by atoms with Crippen molar-refractivity contribution in [2.24, 2.45) is 0 Å². The molecule has 0 saturated carbocycles. The lowest BCUT2D eigenvalue weighted by Crippen LogP contribution is -2.35. The van der Waals surface area contributed by atoms with Gasteiger partial charge < -0.3 is 8.85 Å². The number of thioether (sulfide) groups is 1. The van der Waals surface area contributed by atoms with Crippen molar-refractivity contribution in [1.29, 1.82) is 0 Å². The Labute approximate surface area is 94.6 Å². The van der Waals surface area contributed by atoms with Gasteiger partial charge in [0.1, 0.15) is 0 Å². The Morgan fingerprint density at radius 1 is 1.07 bits per heavy atom. The summed E-state index contributed by atoms with van der Waals surface area (Å²) in [5.41, 5.74) is 0. The van der Waals surface area contributed by atoms with Crippen molar-refractivity contribution in [1.82, 2.24) is 0 Å². The smallest absolute Gasteiger partial charge is 0.334 e. The monoisotopic (exact) mass is 236 g/mol. The number of hydrogen-bond acceptors (Lipinski definition) is 3. The highest BCUT2D eigenvalue weighted by Gasteiger charge is 2.24. The molecule has 0 aromatic heterocycles. The van der Waals surface area contributed by atoms with Crippen LogP contribution < -0.4 is 0 Å². The molecule has 14 heavy (non-hydrogen) atoms. The molecule has 0 bridgehead atoms. The Bertz CT molecular complexity index is 98.7. The second-order valence-electron chi connectivity index (χ2n) is 3.06. The zero-order chi connectivity index (χ0) is 10.8. The molecule has 0 heterocycles. The molecule has 4 heteroatoms. The summed E-state index contributed by atoms with van der Waals surface area (Å²) in [5, 5.41) is 0. The van der Waals surface area contributed by atoms with Crippen LogP contribution in [0, 0.1) is 0 Å². The third-order valence-electron chi connectivity index (χ3n) is 1.92. The standard InChI is InChI=1S/C10H24O2SSi/c1-5-9-10(13-8-4)14(11-6-2)12-7-3/h10,14H,5-9H2,1-4H3. The number of rotatable bonds is 9. The molecule has 0 N–H and O–H groups in total. The van der Waals surface area contributed by atoms with Crippen LogP contribution in [0.1, 0.15) is 40.5 Å². The van der Waals surface area contributed by atoms with Gasteiger partial charge in [0.25, 0.3) is 0 Å². The Hall–Kier alpha value is 0.487. The van der Waals surface area contributed by atoms with E-state index in [-0.39, 0.29) is 0 Å². The lowest BCUT2D eigenvalue weighted by Gasteiger charge is -2.23. The van der Waals surface area contributed by atoms with Crippen molar-refractivity contribution in [2.75, 3.05) is 19.0 Å². The predicted octanol–water partition coefficient (Wildman–Crippen LogP) is 2.74. The topological polar surface area (TPSA) is 18.5 Å². The van der Waals surface area contributed by atoms with Crippen molar-refractivity contribution >= 4 is 21.0 Å². The fourth-order valence-corrected chi connectivity index (χ4v) is 5.68. The molecular weight excluding hydrogens is 212 g/mol. The Morgan fingerprint density at radius 3 is 2.00 bits per heavy atom. The summed E-state index contributed by atoms with van der Waals surface area (Å²) in [6, 6.07) is 0. The summed E-state index contributed by atoms with van der Waals surface area (Å²) in [6.07, 6.45) is 2.46. The highest BCUT2D eigenvalue weighted by atomic mass is 32.2. The van der Waals surface area contributed by atoms with Gasteiger partial charge in [-0.15, -0.1) is 0 Å². The zero-order valence-corrected chi connectivity index (χ0v) is 11.9. The van der Waals surface area contributed by atoms with Crippen molar-refractivity contribution in [3.05, 3.63) is 0 Å². The van der Waals surface area contributed by atoms with E-state index in [2.05, 4.69) is 27.7 Å². The summed E-state index contributed by atoms with van der Waals surface area (Å²) in [6.45, 7) is 10.1. The summed E-state index contributed by atoms with van der Waals surface area (Å²) >= 11 is 2.00. The second-order valence-corrected chi connectivity index (χ2v) is 7.27. The molecule has 1 unspecified atom stereocenters. The average Bonchev–Trinajstić information content (AvgIpc) is 2.17. The van der Waals surface area contributed by atoms with Gasteiger partial charge in [0.15, 0.2) is 0 Å². The minimum Gasteiger partial charge on any atom is -0.396 e. The molecule has 0 aliphatic heterocycles. The maximum Gasteiger partial charge on any atom is 0.334 e. The highest BCUT2D eigenvalue weighted by molar-refractivity contribution is 8.01. The molecule has 0 aromatic carbocycles. The van der Waals surface area contributed by atoms with Gasteiger partial charge in [0.05, 0.1) is 0 Å². The van der Waals surface area contributed by atoms with Gasteiger partial charge in [-0.2, -0.15) is 11.8 Å². The minimum absolute atomic E-state index is 0.630. The second kappa shape index (κ2) is 10.0. The van der Waals surface area contributed by atoms with Gasteiger partial charge in [-0.1, -0.05) is 20.3 Å². The van der Waals surface area contributed by atoms with E-state index in [4.69, 9.17) is 8.85 Å². The third kappa shape index (κ3) is 6.06. The fraction of sp³-hybridized carbons (Fsp3) is 1.00. The Kier molecular flexibility index (Phi) is 10.4. The van der Waals surface area contributed by atoms with Crippen LogP contribution >= 0.6 is 11.8 Å². The van der Waals surface area contributed by atoms with Gasteiger partial charge in [0.2, 0.25) is 0 Å². The SMILES string of the molecule is CCCC(SCC)[SiH](OCC)OCC. The maximum absolute atomic E-state index is 5.75. The van der Waals surface area contributed by atoms with E-state index in [1.54, 1.807) is 0 Å². The first-order valence-corrected chi connectivity index (χ1v) is 8.30. The van der Waals surface area contributed by atoms with Gasteiger partial charge in [-0.05, 0) is 26.0 Å². The molecule has 0 spiro atoms. The largest absolute Gasteiger partial charge is 0.396 e. The summed E-state index contributed by atoms with van der Waals surface area (Å²) in [7, 11) is -1.42. The zero-order valence-electron chi connectivity index (χ0n) is 9.91. The molecule has 0 radical (unpaired) electrons.